The Morgan fingerprint density at radius 3 is 2.91 bits per heavy atom. The first-order valence-corrected chi connectivity index (χ1v) is 7.48. The van der Waals surface area contributed by atoms with Crippen LogP contribution in [0.1, 0.15) is 25.1 Å². The fourth-order valence-electron chi connectivity index (χ4n) is 2.58. The third kappa shape index (κ3) is 5.26. The molecule has 0 radical (unpaired) electrons. The summed E-state index contributed by atoms with van der Waals surface area (Å²) in [6.45, 7) is -0.905. The van der Waals surface area contributed by atoms with Crippen LogP contribution in [0.5, 0.6) is 0 Å². The number of hydrogen-bond acceptors (Lipinski definition) is 3. The summed E-state index contributed by atoms with van der Waals surface area (Å²) >= 11 is 0. The number of halogens is 3. The Bertz CT molecular complexity index is 531. The number of nitrogens with zero attached hydrogens (tertiary/aromatic N) is 2. The summed E-state index contributed by atoms with van der Waals surface area (Å²) in [5.41, 5.74) is 0. The minimum Gasteiger partial charge on any atom is -0.355 e. The number of aromatic amines is 1. The highest BCUT2D eigenvalue weighted by atomic mass is 19.4. The molecule has 0 spiro atoms. The Balaban J connectivity index is 1.77. The van der Waals surface area contributed by atoms with E-state index in [1.54, 1.807) is 12.4 Å². The summed E-state index contributed by atoms with van der Waals surface area (Å²) in [6, 6.07) is 0. The lowest BCUT2D eigenvalue weighted by molar-refractivity contribution is -0.168. The van der Waals surface area contributed by atoms with Gasteiger partial charge in [-0.25, -0.2) is 4.98 Å². The minimum absolute atomic E-state index is 0.0423. The second kappa shape index (κ2) is 7.47. The molecule has 0 aliphatic carbocycles. The average Bonchev–Trinajstić information content (AvgIpc) is 2.97. The van der Waals surface area contributed by atoms with E-state index >= 15 is 0 Å². The second-order valence-electron chi connectivity index (χ2n) is 5.50. The van der Waals surface area contributed by atoms with E-state index in [1.165, 1.54) is 0 Å². The summed E-state index contributed by atoms with van der Waals surface area (Å²) in [4.78, 5) is 31.7. The highest BCUT2D eigenvalue weighted by molar-refractivity contribution is 6.00. The molecule has 2 rings (SSSR count). The van der Waals surface area contributed by atoms with Crippen LogP contribution < -0.4 is 5.32 Å². The number of alkyl halides is 3. The van der Waals surface area contributed by atoms with Crippen molar-refractivity contribution in [3.63, 3.8) is 0 Å². The molecule has 1 aliphatic rings. The maximum absolute atomic E-state index is 12.4. The van der Waals surface area contributed by atoms with Gasteiger partial charge in [0.2, 0.25) is 11.8 Å². The number of H-pyrrole nitrogens is 1. The van der Waals surface area contributed by atoms with Crippen molar-refractivity contribution < 1.29 is 22.8 Å². The van der Waals surface area contributed by atoms with Crippen molar-refractivity contribution in [2.75, 3.05) is 19.6 Å². The molecule has 0 bridgehead atoms. The van der Waals surface area contributed by atoms with Gasteiger partial charge >= 0.3 is 6.18 Å². The zero-order chi connectivity index (χ0) is 16.9. The van der Waals surface area contributed by atoms with Crippen LogP contribution in [0.15, 0.2) is 12.4 Å². The average molecular weight is 332 g/mol. The topological polar surface area (TPSA) is 78.1 Å². The highest BCUT2D eigenvalue weighted by Crippen LogP contribution is 2.23. The molecular weight excluding hydrogens is 313 g/mol. The first kappa shape index (κ1) is 17.3. The molecule has 2 amide bonds. The number of rotatable bonds is 6. The van der Waals surface area contributed by atoms with Gasteiger partial charge in [0.05, 0.1) is 0 Å². The summed E-state index contributed by atoms with van der Waals surface area (Å²) in [5, 5.41) is 2.62. The summed E-state index contributed by atoms with van der Waals surface area (Å²) in [5.74, 6) is -1.46. The predicted molar refractivity (Wildman–Crippen MR) is 75.3 cm³/mol. The highest BCUT2D eigenvalue weighted by Gasteiger charge is 2.39. The number of aromatic nitrogens is 2. The Morgan fingerprint density at radius 1 is 1.48 bits per heavy atom. The van der Waals surface area contributed by atoms with Crippen molar-refractivity contribution in [3.05, 3.63) is 18.2 Å². The van der Waals surface area contributed by atoms with Crippen molar-refractivity contribution in [1.29, 1.82) is 0 Å². The SMILES string of the molecule is O=C(NCCCc1ncc[nH]1)C1CCCN(CC(F)(F)F)C1=O. The van der Waals surface area contributed by atoms with E-state index in [0.717, 1.165) is 10.7 Å². The number of carbonyl (C=O) groups is 2. The van der Waals surface area contributed by atoms with Gasteiger partial charge in [0.15, 0.2) is 0 Å². The molecule has 1 aromatic heterocycles. The molecule has 9 heteroatoms. The Labute approximate surface area is 131 Å². The lowest BCUT2D eigenvalue weighted by Crippen LogP contribution is -2.50. The molecule has 23 heavy (non-hydrogen) atoms. The van der Waals surface area contributed by atoms with Crippen LogP contribution >= 0.6 is 0 Å². The van der Waals surface area contributed by atoms with Gasteiger partial charge in [-0.1, -0.05) is 0 Å². The van der Waals surface area contributed by atoms with E-state index in [4.69, 9.17) is 0 Å². The number of likely N-dealkylation sites (tertiary alicyclic amines) is 1. The second-order valence-corrected chi connectivity index (χ2v) is 5.50. The zero-order valence-corrected chi connectivity index (χ0v) is 12.5. The van der Waals surface area contributed by atoms with Gasteiger partial charge in [-0.3, -0.25) is 9.59 Å². The molecular formula is C14H19F3N4O2. The molecule has 128 valence electrons. The normalized spacial score (nSPS) is 19.0. The molecule has 1 fully saturated rings. The van der Waals surface area contributed by atoms with Gasteiger partial charge < -0.3 is 15.2 Å². The third-order valence-electron chi connectivity index (χ3n) is 3.66. The van der Waals surface area contributed by atoms with E-state index in [-0.39, 0.29) is 13.0 Å². The van der Waals surface area contributed by atoms with Crippen LogP contribution in [-0.4, -0.2) is 52.5 Å². The Kier molecular flexibility index (Phi) is 5.62. The van der Waals surface area contributed by atoms with Crippen molar-refractivity contribution in [2.24, 2.45) is 5.92 Å². The van der Waals surface area contributed by atoms with Gasteiger partial charge in [0.25, 0.3) is 0 Å². The quantitative estimate of drug-likeness (QED) is 0.608. The monoisotopic (exact) mass is 332 g/mol. The number of aryl methyl sites for hydroxylation is 1. The van der Waals surface area contributed by atoms with Crippen LogP contribution in [0.2, 0.25) is 0 Å². The van der Waals surface area contributed by atoms with Gasteiger partial charge in [0, 0.05) is 31.9 Å². The smallest absolute Gasteiger partial charge is 0.355 e. The molecule has 1 aromatic rings. The van der Waals surface area contributed by atoms with Gasteiger partial charge in [0.1, 0.15) is 18.3 Å². The third-order valence-corrected chi connectivity index (χ3v) is 3.66. The molecule has 0 aromatic carbocycles. The van der Waals surface area contributed by atoms with E-state index in [0.29, 0.717) is 25.8 Å². The minimum atomic E-state index is -4.45. The van der Waals surface area contributed by atoms with Crippen LogP contribution in [0, 0.1) is 5.92 Å². The largest absolute Gasteiger partial charge is 0.406 e. The van der Waals surface area contributed by atoms with Crippen LogP contribution in [-0.2, 0) is 16.0 Å². The molecule has 1 aliphatic heterocycles. The molecule has 2 N–H and O–H groups in total. The van der Waals surface area contributed by atoms with Crippen molar-refractivity contribution in [2.45, 2.75) is 31.9 Å². The predicted octanol–water partition coefficient (Wildman–Crippen LogP) is 1.26. The molecule has 6 nitrogen and oxygen atoms in total. The van der Waals surface area contributed by atoms with Crippen LogP contribution in [0.25, 0.3) is 0 Å². The van der Waals surface area contributed by atoms with E-state index in [1.807, 2.05) is 0 Å². The summed E-state index contributed by atoms with van der Waals surface area (Å²) in [7, 11) is 0. The Hall–Kier alpha value is -2.06. The number of imidazole rings is 1. The molecule has 1 saturated heterocycles. The molecule has 2 heterocycles. The number of piperidine rings is 1. The summed E-state index contributed by atoms with van der Waals surface area (Å²) in [6.07, 6.45) is 0.840. The Morgan fingerprint density at radius 2 is 2.26 bits per heavy atom. The summed E-state index contributed by atoms with van der Waals surface area (Å²) < 4.78 is 37.3. The van der Waals surface area contributed by atoms with Crippen molar-refractivity contribution in [1.82, 2.24) is 20.2 Å². The van der Waals surface area contributed by atoms with E-state index < -0.39 is 30.5 Å². The van der Waals surface area contributed by atoms with E-state index in [2.05, 4.69) is 15.3 Å². The number of carbonyl (C=O) groups excluding carboxylic acids is 2. The lowest BCUT2D eigenvalue weighted by atomic mass is 9.96. The molecule has 1 atom stereocenters. The van der Waals surface area contributed by atoms with E-state index in [9.17, 15) is 22.8 Å². The fourth-order valence-corrected chi connectivity index (χ4v) is 2.58. The standard InChI is InChI=1S/C14H19F3N4O2/c15-14(16,17)9-21-8-2-3-10(13(21)23)12(22)20-5-1-4-11-18-6-7-19-11/h6-7,10H,1-5,8-9H2,(H,18,19)(H,20,22). The first-order valence-electron chi connectivity index (χ1n) is 7.48. The maximum Gasteiger partial charge on any atom is 0.406 e. The number of amides is 2. The van der Waals surface area contributed by atoms with Crippen molar-refractivity contribution >= 4 is 11.8 Å². The fraction of sp³-hybridized carbons (Fsp3) is 0.643. The van der Waals surface area contributed by atoms with Crippen LogP contribution in [0.4, 0.5) is 13.2 Å². The van der Waals surface area contributed by atoms with Crippen LogP contribution in [0.3, 0.4) is 0 Å². The van der Waals surface area contributed by atoms with Gasteiger partial charge in [-0.15, -0.1) is 0 Å². The maximum atomic E-state index is 12.4. The van der Waals surface area contributed by atoms with Gasteiger partial charge in [-0.2, -0.15) is 13.2 Å². The molecule has 1 unspecified atom stereocenters. The zero-order valence-electron chi connectivity index (χ0n) is 12.5. The van der Waals surface area contributed by atoms with Gasteiger partial charge in [-0.05, 0) is 19.3 Å². The lowest BCUT2D eigenvalue weighted by Gasteiger charge is -2.32. The first-order chi connectivity index (χ1) is 10.9. The van der Waals surface area contributed by atoms with Crippen molar-refractivity contribution in [3.8, 4) is 0 Å². The molecule has 0 saturated carbocycles. The number of hydrogen-bond donors (Lipinski definition) is 2. The number of nitrogens with one attached hydrogen (secondary N) is 2.